The van der Waals surface area contributed by atoms with E-state index in [9.17, 15) is 9.59 Å². The number of pyridine rings is 1. The van der Waals surface area contributed by atoms with Gasteiger partial charge >= 0.3 is 0 Å². The highest BCUT2D eigenvalue weighted by Gasteiger charge is 2.21. The highest BCUT2D eigenvalue weighted by molar-refractivity contribution is 7.16. The Morgan fingerprint density at radius 2 is 1.93 bits per heavy atom. The molecular weight excluding hydrogens is 386 g/mol. The van der Waals surface area contributed by atoms with Crippen molar-refractivity contribution >= 4 is 28.2 Å². The number of carbonyl (C=O) groups is 2. The first kappa shape index (κ1) is 20.5. The fraction of sp³-hybridized carbons (Fsp3) is 0.227. The number of nitrogens with zero attached hydrogens (tertiary/aromatic N) is 1. The van der Waals surface area contributed by atoms with Crippen LogP contribution >= 0.6 is 11.3 Å². The monoisotopic (exact) mass is 409 g/mol. The molecule has 150 valence electrons. The molecule has 0 aliphatic heterocycles. The zero-order valence-corrected chi connectivity index (χ0v) is 17.4. The number of nitrogens with one attached hydrogen (secondary N) is 2. The number of amides is 2. The largest absolute Gasteiger partial charge is 0.496 e. The molecule has 2 amide bonds. The van der Waals surface area contributed by atoms with E-state index < -0.39 is 0 Å². The molecule has 6 nitrogen and oxygen atoms in total. The summed E-state index contributed by atoms with van der Waals surface area (Å²) in [7, 11) is 1.58. The normalized spacial score (nSPS) is 10.4. The number of thiophene rings is 1. The highest BCUT2D eigenvalue weighted by Crippen LogP contribution is 2.32. The second kappa shape index (κ2) is 9.34. The number of aromatic nitrogens is 1. The van der Waals surface area contributed by atoms with Gasteiger partial charge in [-0.1, -0.05) is 24.3 Å². The van der Waals surface area contributed by atoms with Crippen molar-refractivity contribution in [3.8, 4) is 5.75 Å². The maximum atomic E-state index is 12.8. The number of methoxy groups -OCH3 is 1. The van der Waals surface area contributed by atoms with E-state index in [1.165, 1.54) is 11.3 Å². The van der Waals surface area contributed by atoms with Gasteiger partial charge in [0.25, 0.3) is 5.91 Å². The van der Waals surface area contributed by atoms with Gasteiger partial charge in [0.2, 0.25) is 5.91 Å². The zero-order valence-electron chi connectivity index (χ0n) is 16.6. The summed E-state index contributed by atoms with van der Waals surface area (Å²) >= 11 is 1.40. The molecule has 3 aromatic rings. The summed E-state index contributed by atoms with van der Waals surface area (Å²) in [6.45, 7) is 4.20. The molecule has 29 heavy (non-hydrogen) atoms. The van der Waals surface area contributed by atoms with Crippen LogP contribution in [-0.2, 0) is 17.8 Å². The van der Waals surface area contributed by atoms with E-state index in [0.29, 0.717) is 22.9 Å². The summed E-state index contributed by atoms with van der Waals surface area (Å²) in [5.74, 6) is 0.246. The van der Waals surface area contributed by atoms with Gasteiger partial charge in [0, 0.05) is 29.4 Å². The van der Waals surface area contributed by atoms with E-state index in [1.54, 1.807) is 19.5 Å². The van der Waals surface area contributed by atoms with Crippen molar-refractivity contribution in [2.24, 2.45) is 0 Å². The van der Waals surface area contributed by atoms with Crippen LogP contribution in [0.1, 0.15) is 31.9 Å². The van der Waals surface area contributed by atoms with Crippen LogP contribution in [0.25, 0.3) is 0 Å². The van der Waals surface area contributed by atoms with Crippen LogP contribution in [0.15, 0.2) is 48.8 Å². The number of aryl methyl sites for hydroxylation is 1. The van der Waals surface area contributed by atoms with Gasteiger partial charge in [0.1, 0.15) is 10.8 Å². The van der Waals surface area contributed by atoms with Crippen molar-refractivity contribution in [2.75, 3.05) is 12.4 Å². The molecule has 0 fully saturated rings. The molecule has 0 spiro atoms. The fourth-order valence-electron chi connectivity index (χ4n) is 2.95. The molecular formula is C22H23N3O3S. The van der Waals surface area contributed by atoms with E-state index >= 15 is 0 Å². The number of hydrogen-bond acceptors (Lipinski definition) is 5. The summed E-state index contributed by atoms with van der Waals surface area (Å²) in [6.07, 6.45) is 3.56. The molecule has 0 aliphatic rings. The second-order valence-electron chi connectivity index (χ2n) is 6.57. The van der Waals surface area contributed by atoms with Crippen LogP contribution < -0.4 is 15.4 Å². The van der Waals surface area contributed by atoms with E-state index in [1.807, 2.05) is 50.2 Å². The van der Waals surface area contributed by atoms with Crippen LogP contribution in [0.5, 0.6) is 5.75 Å². The molecule has 0 aliphatic carbocycles. The summed E-state index contributed by atoms with van der Waals surface area (Å²) in [4.78, 5) is 30.5. The lowest BCUT2D eigenvalue weighted by Crippen LogP contribution is -2.25. The third-order valence-corrected chi connectivity index (χ3v) is 5.71. The molecule has 3 rings (SSSR count). The Labute approximate surface area is 173 Å². The van der Waals surface area contributed by atoms with Gasteiger partial charge in [-0.2, -0.15) is 0 Å². The Hall–Kier alpha value is -3.19. The van der Waals surface area contributed by atoms with Gasteiger partial charge in [-0.15, -0.1) is 11.3 Å². The Bertz CT molecular complexity index is 1020. The Balaban J connectivity index is 1.73. The molecule has 2 heterocycles. The first-order valence-corrected chi connectivity index (χ1v) is 10.00. The maximum absolute atomic E-state index is 12.8. The van der Waals surface area contributed by atoms with Crippen LogP contribution in [0.2, 0.25) is 0 Å². The topological polar surface area (TPSA) is 80.3 Å². The summed E-state index contributed by atoms with van der Waals surface area (Å²) in [6, 6.07) is 11.1. The van der Waals surface area contributed by atoms with Crippen molar-refractivity contribution in [2.45, 2.75) is 26.8 Å². The van der Waals surface area contributed by atoms with Gasteiger partial charge in [-0.3, -0.25) is 14.6 Å². The molecule has 0 radical (unpaired) electrons. The van der Waals surface area contributed by atoms with Gasteiger partial charge in [-0.25, -0.2) is 0 Å². The van der Waals surface area contributed by atoms with Crippen LogP contribution in [0.3, 0.4) is 0 Å². The number of rotatable bonds is 7. The quantitative estimate of drug-likeness (QED) is 0.621. The predicted molar refractivity (Wildman–Crippen MR) is 115 cm³/mol. The first-order valence-electron chi connectivity index (χ1n) is 9.18. The van der Waals surface area contributed by atoms with Gasteiger partial charge in [-0.05, 0) is 37.1 Å². The van der Waals surface area contributed by atoms with E-state index in [4.69, 9.17) is 4.74 Å². The molecule has 1 aromatic carbocycles. The molecule has 0 saturated heterocycles. The van der Waals surface area contributed by atoms with Crippen molar-refractivity contribution in [1.82, 2.24) is 10.3 Å². The molecule has 0 unspecified atom stereocenters. The third-order valence-electron chi connectivity index (χ3n) is 4.58. The predicted octanol–water partition coefficient (Wildman–Crippen LogP) is 3.88. The fourth-order valence-corrected chi connectivity index (χ4v) is 4.03. The third kappa shape index (κ3) is 5.00. The van der Waals surface area contributed by atoms with Crippen LogP contribution in [-0.4, -0.2) is 23.9 Å². The number of carbonyl (C=O) groups excluding carboxylic acids is 2. The minimum atomic E-state index is -0.219. The number of hydrogen-bond donors (Lipinski definition) is 2. The van der Waals surface area contributed by atoms with E-state index in [2.05, 4.69) is 15.6 Å². The first-order chi connectivity index (χ1) is 14.0. The average Bonchev–Trinajstić information content (AvgIpc) is 3.00. The molecule has 0 atom stereocenters. The molecule has 7 heteroatoms. The Kier molecular flexibility index (Phi) is 6.61. The average molecular weight is 410 g/mol. The second-order valence-corrected chi connectivity index (χ2v) is 7.79. The Morgan fingerprint density at radius 3 is 2.66 bits per heavy atom. The van der Waals surface area contributed by atoms with Gasteiger partial charge in [0.05, 0.1) is 19.1 Å². The minimum Gasteiger partial charge on any atom is -0.496 e. The van der Waals surface area contributed by atoms with Gasteiger partial charge in [0.15, 0.2) is 0 Å². The van der Waals surface area contributed by atoms with Crippen molar-refractivity contribution in [3.63, 3.8) is 0 Å². The van der Waals surface area contributed by atoms with Crippen molar-refractivity contribution in [1.29, 1.82) is 0 Å². The van der Waals surface area contributed by atoms with Crippen molar-refractivity contribution < 1.29 is 14.3 Å². The number of anilines is 1. The summed E-state index contributed by atoms with van der Waals surface area (Å²) < 4.78 is 5.31. The molecule has 0 saturated carbocycles. The zero-order chi connectivity index (χ0) is 20.8. The summed E-state index contributed by atoms with van der Waals surface area (Å²) in [5, 5.41) is 6.37. The van der Waals surface area contributed by atoms with Crippen LogP contribution in [0.4, 0.5) is 5.00 Å². The summed E-state index contributed by atoms with van der Waals surface area (Å²) in [5.41, 5.74) is 3.07. The minimum absolute atomic E-state index is 0.163. The standard InChI is InChI=1S/C22H23N3O3S/c1-14-15(2)29-22(20(14)21(27)24-13-16-7-6-10-23-12-16)25-19(26)11-17-8-4-5-9-18(17)28-3/h4-10,12H,11,13H2,1-3H3,(H,24,27)(H,25,26). The highest BCUT2D eigenvalue weighted by atomic mass is 32.1. The number of benzene rings is 1. The van der Waals surface area contributed by atoms with E-state index in [-0.39, 0.29) is 18.2 Å². The molecule has 2 N–H and O–H groups in total. The van der Waals surface area contributed by atoms with E-state index in [0.717, 1.165) is 21.6 Å². The Morgan fingerprint density at radius 1 is 1.14 bits per heavy atom. The lowest BCUT2D eigenvalue weighted by Gasteiger charge is -2.10. The molecule has 2 aromatic heterocycles. The van der Waals surface area contributed by atoms with Crippen LogP contribution in [0, 0.1) is 13.8 Å². The smallest absolute Gasteiger partial charge is 0.254 e. The number of ether oxygens (including phenoxy) is 1. The maximum Gasteiger partial charge on any atom is 0.254 e. The SMILES string of the molecule is COc1ccccc1CC(=O)Nc1sc(C)c(C)c1C(=O)NCc1cccnc1. The lowest BCUT2D eigenvalue weighted by atomic mass is 10.1. The van der Waals surface area contributed by atoms with Gasteiger partial charge < -0.3 is 15.4 Å². The van der Waals surface area contributed by atoms with Crippen molar-refractivity contribution in [3.05, 3.63) is 75.9 Å². The molecule has 0 bridgehead atoms. The lowest BCUT2D eigenvalue weighted by molar-refractivity contribution is -0.115. The number of para-hydroxylation sites is 1.